The number of ether oxygens (including phenoxy) is 3. The van der Waals surface area contributed by atoms with Gasteiger partial charge in [0.25, 0.3) is 0 Å². The first-order valence-corrected chi connectivity index (χ1v) is 22.8. The molecule has 1 N–H and O–H groups in total. The second kappa shape index (κ2) is 15.7. The van der Waals surface area contributed by atoms with Crippen molar-refractivity contribution in [1.29, 1.82) is 0 Å². The molecule has 0 spiro atoms. The normalized spacial score (nSPS) is 18.0. The Morgan fingerprint density at radius 1 is 0.778 bits per heavy atom. The van der Waals surface area contributed by atoms with Gasteiger partial charge in [0.05, 0.1) is 41.6 Å². The Morgan fingerprint density at radius 3 is 1.94 bits per heavy atom. The van der Waals surface area contributed by atoms with Crippen LogP contribution in [0.2, 0.25) is 25.7 Å². The molecule has 0 radical (unpaired) electrons. The number of nitrogens with zero attached hydrogens (tertiary/aromatic N) is 7. The summed E-state index contributed by atoms with van der Waals surface area (Å²) in [5, 5.41) is 9.26. The quantitative estimate of drug-likeness (QED) is 0.124. The number of amides is 2. The van der Waals surface area contributed by atoms with Gasteiger partial charge >= 0.3 is 12.2 Å². The third-order valence-electron chi connectivity index (χ3n) is 9.49. The highest BCUT2D eigenvalue weighted by Gasteiger charge is 2.37. The number of likely N-dealkylation sites (tertiary alicyclic amines) is 2. The fraction of sp³-hybridized carbons (Fsp3) is 0.550. The predicted octanol–water partition coefficient (Wildman–Crippen LogP) is 8.85. The molecule has 3 aromatic heterocycles. The lowest BCUT2D eigenvalue weighted by atomic mass is 10.1. The molecule has 2 aliphatic rings. The standard InChI is InChI=1S/C40H56N8O5Si/c1-39(2,3)52-37(49)46-20-10-12-32(46)35-41-24-31(43-35)28-16-14-27(15-17-28)29-18-19-30(45-44-29)34-25-42-36(48(34)26-51-22-23-54(7,8)9)33-13-11-21-47(33)38(50)53-40(4,5)6/h14-19,24-25,32-33H,10-13,20-23,26H2,1-9H3,(H,41,43)/t32-,33-/m0/s1. The molecule has 290 valence electrons. The number of carbonyl (C=O) groups is 2. The first-order chi connectivity index (χ1) is 25.5. The summed E-state index contributed by atoms with van der Waals surface area (Å²) in [4.78, 5) is 42.5. The Bertz CT molecular complexity index is 1900. The monoisotopic (exact) mass is 756 g/mol. The minimum Gasteiger partial charge on any atom is -0.444 e. The Balaban J connectivity index is 1.18. The molecule has 0 bridgehead atoms. The molecule has 2 fully saturated rings. The van der Waals surface area contributed by atoms with E-state index in [0.717, 1.165) is 71.6 Å². The maximum atomic E-state index is 13.2. The third-order valence-corrected chi connectivity index (χ3v) is 11.2. The highest BCUT2D eigenvalue weighted by molar-refractivity contribution is 6.76. The van der Waals surface area contributed by atoms with Gasteiger partial charge in [0, 0.05) is 33.3 Å². The van der Waals surface area contributed by atoms with E-state index in [-0.39, 0.29) is 24.3 Å². The van der Waals surface area contributed by atoms with Crippen molar-refractivity contribution in [2.45, 2.75) is 123 Å². The summed E-state index contributed by atoms with van der Waals surface area (Å²) in [7, 11) is -1.29. The molecule has 13 nitrogen and oxygen atoms in total. The zero-order chi connectivity index (χ0) is 38.8. The summed E-state index contributed by atoms with van der Waals surface area (Å²) in [6, 6.07) is 12.7. The van der Waals surface area contributed by atoms with E-state index in [0.29, 0.717) is 32.1 Å². The number of carbonyl (C=O) groups excluding carboxylic acids is 2. The molecule has 1 aromatic carbocycles. The van der Waals surface area contributed by atoms with Crippen molar-refractivity contribution in [3.8, 4) is 33.9 Å². The van der Waals surface area contributed by atoms with Crippen LogP contribution in [0.25, 0.3) is 33.9 Å². The summed E-state index contributed by atoms with van der Waals surface area (Å²) >= 11 is 0. The molecule has 0 unspecified atom stereocenters. The van der Waals surface area contributed by atoms with Crippen molar-refractivity contribution in [1.82, 2.24) is 39.5 Å². The van der Waals surface area contributed by atoms with Crippen LogP contribution in [-0.4, -0.2) is 90.7 Å². The van der Waals surface area contributed by atoms with Crippen LogP contribution in [0.1, 0.15) is 91.0 Å². The Labute approximate surface area is 319 Å². The minimum absolute atomic E-state index is 0.146. The van der Waals surface area contributed by atoms with Crippen molar-refractivity contribution >= 4 is 20.3 Å². The topological polar surface area (TPSA) is 141 Å². The lowest BCUT2D eigenvalue weighted by Gasteiger charge is -2.29. The number of nitrogens with one attached hydrogen (secondary N) is 1. The van der Waals surface area contributed by atoms with Gasteiger partial charge in [-0.15, -0.1) is 10.2 Å². The van der Waals surface area contributed by atoms with Gasteiger partial charge in [0.15, 0.2) is 0 Å². The van der Waals surface area contributed by atoms with Crippen molar-refractivity contribution in [2.24, 2.45) is 0 Å². The summed E-state index contributed by atoms with van der Waals surface area (Å²) in [6.07, 6.45) is 6.36. The van der Waals surface area contributed by atoms with Crippen LogP contribution in [-0.2, 0) is 20.9 Å². The molecule has 2 atom stereocenters. The van der Waals surface area contributed by atoms with Crippen molar-refractivity contribution < 1.29 is 23.8 Å². The predicted molar refractivity (Wildman–Crippen MR) is 210 cm³/mol. The smallest absolute Gasteiger partial charge is 0.410 e. The van der Waals surface area contributed by atoms with E-state index in [1.807, 2.05) is 88.7 Å². The number of benzene rings is 1. The first kappa shape index (κ1) is 39.1. The van der Waals surface area contributed by atoms with Crippen molar-refractivity contribution in [3.63, 3.8) is 0 Å². The SMILES string of the molecule is CC(C)(C)OC(=O)N1CCC[C@H]1c1ncc(-c2ccc(-c3ccc(-c4cnc([C@@H]5CCCN5C(=O)OC(C)(C)C)n4COCC[Si](C)(C)C)nn3)cc2)[nH]1. The van der Waals surface area contributed by atoms with Gasteiger partial charge in [-0.25, -0.2) is 19.6 Å². The number of hydrogen-bond acceptors (Lipinski definition) is 9. The molecule has 0 saturated carbocycles. The number of hydrogen-bond donors (Lipinski definition) is 1. The van der Waals surface area contributed by atoms with Crippen LogP contribution in [0.15, 0.2) is 48.8 Å². The number of H-pyrrole nitrogens is 1. The van der Waals surface area contributed by atoms with Crippen LogP contribution in [0.5, 0.6) is 0 Å². The molecule has 2 amide bonds. The van der Waals surface area contributed by atoms with Crippen molar-refractivity contribution in [2.75, 3.05) is 19.7 Å². The van der Waals surface area contributed by atoms with E-state index in [4.69, 9.17) is 19.2 Å². The molecule has 2 saturated heterocycles. The van der Waals surface area contributed by atoms with Crippen LogP contribution < -0.4 is 0 Å². The van der Waals surface area contributed by atoms with E-state index in [2.05, 4.69) is 39.8 Å². The molecule has 6 rings (SSSR count). The second-order valence-electron chi connectivity index (χ2n) is 17.5. The molecular formula is C40H56N8O5Si. The number of rotatable bonds is 10. The maximum Gasteiger partial charge on any atom is 0.410 e. The van der Waals surface area contributed by atoms with E-state index >= 15 is 0 Å². The van der Waals surface area contributed by atoms with Crippen LogP contribution in [0.4, 0.5) is 9.59 Å². The van der Waals surface area contributed by atoms with E-state index in [1.54, 1.807) is 16.0 Å². The summed E-state index contributed by atoms with van der Waals surface area (Å²) in [5.41, 5.74) is 3.81. The number of imidazole rings is 2. The van der Waals surface area contributed by atoms with Crippen molar-refractivity contribution in [3.05, 3.63) is 60.4 Å². The average molecular weight is 757 g/mol. The molecule has 14 heteroatoms. The highest BCUT2D eigenvalue weighted by Crippen LogP contribution is 2.36. The molecule has 54 heavy (non-hydrogen) atoms. The van der Waals surface area contributed by atoms with Crippen LogP contribution in [0.3, 0.4) is 0 Å². The summed E-state index contributed by atoms with van der Waals surface area (Å²) in [6.45, 7) is 20.5. The van der Waals surface area contributed by atoms with E-state index in [9.17, 15) is 9.59 Å². The average Bonchev–Trinajstić information content (AvgIpc) is 3.91. The number of aromatic nitrogens is 6. The molecule has 5 heterocycles. The Kier molecular flexibility index (Phi) is 11.3. The minimum atomic E-state index is -1.29. The van der Waals surface area contributed by atoms with Gasteiger partial charge < -0.3 is 23.8 Å². The summed E-state index contributed by atoms with van der Waals surface area (Å²) < 4.78 is 19.7. The first-order valence-electron chi connectivity index (χ1n) is 19.1. The Morgan fingerprint density at radius 2 is 1.35 bits per heavy atom. The zero-order valence-electron chi connectivity index (χ0n) is 33.3. The van der Waals surface area contributed by atoms with Crippen LogP contribution >= 0.6 is 0 Å². The van der Waals surface area contributed by atoms with Gasteiger partial charge in [-0.05, 0) is 91.0 Å². The fourth-order valence-electron chi connectivity index (χ4n) is 6.79. The van der Waals surface area contributed by atoms with Gasteiger partial charge in [-0.3, -0.25) is 9.80 Å². The molecule has 0 aliphatic carbocycles. The van der Waals surface area contributed by atoms with Gasteiger partial charge in [0.1, 0.15) is 35.3 Å². The lowest BCUT2D eigenvalue weighted by molar-refractivity contribution is 0.0199. The second-order valence-corrected chi connectivity index (χ2v) is 23.1. The van der Waals surface area contributed by atoms with Gasteiger partial charge in [-0.2, -0.15) is 0 Å². The fourth-order valence-corrected chi connectivity index (χ4v) is 7.55. The number of aromatic amines is 1. The molecule has 2 aliphatic heterocycles. The lowest BCUT2D eigenvalue weighted by Crippen LogP contribution is -2.37. The summed E-state index contributed by atoms with van der Waals surface area (Å²) in [5.74, 6) is 1.52. The van der Waals surface area contributed by atoms with Gasteiger partial charge in [0.2, 0.25) is 0 Å². The van der Waals surface area contributed by atoms with Gasteiger partial charge in [-0.1, -0.05) is 43.9 Å². The highest BCUT2D eigenvalue weighted by atomic mass is 28.3. The third kappa shape index (κ3) is 9.56. The maximum absolute atomic E-state index is 13.2. The van der Waals surface area contributed by atoms with Crippen LogP contribution in [0, 0.1) is 0 Å². The molecule has 4 aromatic rings. The Hall–Kier alpha value is -4.56. The zero-order valence-corrected chi connectivity index (χ0v) is 34.3. The van der Waals surface area contributed by atoms with E-state index < -0.39 is 19.3 Å². The van der Waals surface area contributed by atoms with E-state index in [1.165, 1.54) is 0 Å². The molecular weight excluding hydrogens is 701 g/mol. The largest absolute Gasteiger partial charge is 0.444 e.